The zero-order valence-corrected chi connectivity index (χ0v) is 11.5. The largest absolute Gasteiger partial charge is 0.481 e. The van der Waals surface area contributed by atoms with E-state index >= 15 is 0 Å². The highest BCUT2D eigenvalue weighted by Gasteiger charge is 2.24. The van der Waals surface area contributed by atoms with Crippen LogP contribution in [-0.4, -0.2) is 42.2 Å². The molecule has 18 heavy (non-hydrogen) atoms. The third-order valence-corrected chi connectivity index (χ3v) is 3.55. The summed E-state index contributed by atoms with van der Waals surface area (Å²) in [5.41, 5.74) is 1.09. The highest BCUT2D eigenvalue weighted by molar-refractivity contribution is 5.15. The standard InChI is InChI=1S/C14H23N3O/c1-4-13-8-15-11(2)9-17(13)10-12-6-5-7-14(16-12)18-3/h5-7,11,13,15H,4,8-10H2,1-3H3. The Balaban J connectivity index is 2.05. The molecule has 2 heterocycles. The Morgan fingerprint density at radius 2 is 2.33 bits per heavy atom. The van der Waals surface area contributed by atoms with Gasteiger partial charge in [-0.05, 0) is 19.4 Å². The van der Waals surface area contributed by atoms with E-state index in [-0.39, 0.29) is 0 Å². The second kappa shape index (κ2) is 6.16. The van der Waals surface area contributed by atoms with E-state index in [1.807, 2.05) is 12.1 Å². The molecule has 4 heteroatoms. The highest BCUT2D eigenvalue weighted by Crippen LogP contribution is 2.15. The third-order valence-electron chi connectivity index (χ3n) is 3.55. The van der Waals surface area contributed by atoms with Crippen molar-refractivity contribution in [1.82, 2.24) is 15.2 Å². The van der Waals surface area contributed by atoms with Crippen molar-refractivity contribution in [3.8, 4) is 5.88 Å². The lowest BCUT2D eigenvalue weighted by Crippen LogP contribution is -2.54. The molecule has 0 aromatic carbocycles. The number of nitrogens with zero attached hydrogens (tertiary/aromatic N) is 2. The average molecular weight is 249 g/mol. The van der Waals surface area contributed by atoms with Crippen LogP contribution in [0.2, 0.25) is 0 Å². The van der Waals surface area contributed by atoms with E-state index < -0.39 is 0 Å². The minimum Gasteiger partial charge on any atom is -0.481 e. The van der Waals surface area contributed by atoms with E-state index in [1.54, 1.807) is 7.11 Å². The van der Waals surface area contributed by atoms with Crippen molar-refractivity contribution < 1.29 is 4.74 Å². The zero-order valence-electron chi connectivity index (χ0n) is 11.5. The first-order valence-electron chi connectivity index (χ1n) is 6.70. The summed E-state index contributed by atoms with van der Waals surface area (Å²) < 4.78 is 5.18. The smallest absolute Gasteiger partial charge is 0.213 e. The Hall–Kier alpha value is -1.13. The second-order valence-corrected chi connectivity index (χ2v) is 4.97. The van der Waals surface area contributed by atoms with Gasteiger partial charge < -0.3 is 10.1 Å². The second-order valence-electron chi connectivity index (χ2n) is 4.97. The van der Waals surface area contributed by atoms with Crippen molar-refractivity contribution in [3.63, 3.8) is 0 Å². The summed E-state index contributed by atoms with van der Waals surface area (Å²) in [5, 5.41) is 3.53. The molecular formula is C14H23N3O. The first-order valence-corrected chi connectivity index (χ1v) is 6.70. The number of ether oxygens (including phenoxy) is 1. The van der Waals surface area contributed by atoms with E-state index in [1.165, 1.54) is 6.42 Å². The van der Waals surface area contributed by atoms with Gasteiger partial charge in [0.1, 0.15) is 0 Å². The van der Waals surface area contributed by atoms with Crippen LogP contribution < -0.4 is 10.1 Å². The third kappa shape index (κ3) is 3.21. The van der Waals surface area contributed by atoms with Gasteiger partial charge in [0.2, 0.25) is 5.88 Å². The van der Waals surface area contributed by atoms with Crippen LogP contribution in [0.3, 0.4) is 0 Å². The monoisotopic (exact) mass is 249 g/mol. The van der Waals surface area contributed by atoms with Gasteiger partial charge >= 0.3 is 0 Å². The van der Waals surface area contributed by atoms with Gasteiger partial charge in [-0.15, -0.1) is 0 Å². The molecule has 0 amide bonds. The van der Waals surface area contributed by atoms with Crippen LogP contribution in [0.15, 0.2) is 18.2 Å². The topological polar surface area (TPSA) is 37.4 Å². The minimum atomic E-state index is 0.554. The van der Waals surface area contributed by atoms with Crippen molar-refractivity contribution in [2.75, 3.05) is 20.2 Å². The lowest BCUT2D eigenvalue weighted by molar-refractivity contribution is 0.122. The number of nitrogens with one attached hydrogen (secondary N) is 1. The summed E-state index contributed by atoms with van der Waals surface area (Å²) in [7, 11) is 1.66. The van der Waals surface area contributed by atoms with Crippen molar-refractivity contribution in [2.24, 2.45) is 0 Å². The lowest BCUT2D eigenvalue weighted by Gasteiger charge is -2.38. The molecule has 1 aromatic rings. The van der Waals surface area contributed by atoms with Gasteiger partial charge in [-0.2, -0.15) is 0 Å². The van der Waals surface area contributed by atoms with Crippen LogP contribution in [0.5, 0.6) is 5.88 Å². The van der Waals surface area contributed by atoms with Gasteiger partial charge in [-0.3, -0.25) is 4.90 Å². The van der Waals surface area contributed by atoms with Crippen LogP contribution in [0.1, 0.15) is 26.0 Å². The maximum atomic E-state index is 5.18. The number of pyridine rings is 1. The number of piperazine rings is 1. The van der Waals surface area contributed by atoms with Gasteiger partial charge in [-0.1, -0.05) is 13.0 Å². The lowest BCUT2D eigenvalue weighted by atomic mass is 10.1. The minimum absolute atomic E-state index is 0.554. The molecule has 1 aromatic heterocycles. The van der Waals surface area contributed by atoms with Crippen molar-refractivity contribution in [1.29, 1.82) is 0 Å². The number of hydrogen-bond donors (Lipinski definition) is 1. The van der Waals surface area contributed by atoms with Crippen LogP contribution in [0.4, 0.5) is 0 Å². The Morgan fingerprint density at radius 1 is 1.50 bits per heavy atom. The summed E-state index contributed by atoms with van der Waals surface area (Å²) in [5.74, 6) is 0.698. The number of rotatable bonds is 4. The number of methoxy groups -OCH3 is 1. The first kappa shape index (κ1) is 13.3. The van der Waals surface area contributed by atoms with E-state index in [9.17, 15) is 0 Å². The van der Waals surface area contributed by atoms with Crippen LogP contribution in [0.25, 0.3) is 0 Å². The summed E-state index contributed by atoms with van der Waals surface area (Å²) >= 11 is 0. The predicted molar refractivity (Wildman–Crippen MR) is 72.7 cm³/mol. The highest BCUT2D eigenvalue weighted by atomic mass is 16.5. The van der Waals surface area contributed by atoms with Crippen LogP contribution in [-0.2, 0) is 6.54 Å². The summed E-state index contributed by atoms with van der Waals surface area (Å²) in [6.45, 7) is 7.53. The molecule has 2 unspecified atom stereocenters. The normalized spacial score (nSPS) is 25.1. The number of aromatic nitrogens is 1. The van der Waals surface area contributed by atoms with Gasteiger partial charge in [0.05, 0.1) is 12.8 Å². The summed E-state index contributed by atoms with van der Waals surface area (Å²) in [4.78, 5) is 7.01. The first-order chi connectivity index (χ1) is 8.72. The van der Waals surface area contributed by atoms with Crippen molar-refractivity contribution in [3.05, 3.63) is 23.9 Å². The van der Waals surface area contributed by atoms with Crippen molar-refractivity contribution >= 4 is 0 Å². The molecule has 1 fully saturated rings. The molecule has 4 nitrogen and oxygen atoms in total. The fourth-order valence-electron chi connectivity index (χ4n) is 2.50. The van der Waals surface area contributed by atoms with E-state index in [0.717, 1.165) is 25.3 Å². The molecule has 2 atom stereocenters. The summed E-state index contributed by atoms with van der Waals surface area (Å²) in [6.07, 6.45) is 1.17. The molecule has 100 valence electrons. The molecule has 1 saturated heterocycles. The van der Waals surface area contributed by atoms with Crippen molar-refractivity contribution in [2.45, 2.75) is 38.9 Å². The maximum Gasteiger partial charge on any atom is 0.213 e. The Kier molecular flexibility index (Phi) is 4.55. The summed E-state index contributed by atoms with van der Waals surface area (Å²) in [6, 6.07) is 7.13. The van der Waals surface area contributed by atoms with Gasteiger partial charge in [0.15, 0.2) is 0 Å². The average Bonchev–Trinajstić information content (AvgIpc) is 2.39. The van der Waals surface area contributed by atoms with E-state index in [2.05, 4.69) is 35.1 Å². The van der Waals surface area contributed by atoms with Gasteiger partial charge in [0.25, 0.3) is 0 Å². The molecule has 0 bridgehead atoms. The SMILES string of the molecule is CCC1CNC(C)CN1Cc1cccc(OC)n1. The van der Waals surface area contributed by atoms with Crippen LogP contribution >= 0.6 is 0 Å². The molecule has 0 radical (unpaired) electrons. The molecular weight excluding hydrogens is 226 g/mol. The zero-order chi connectivity index (χ0) is 13.0. The molecule has 2 rings (SSSR count). The van der Waals surface area contributed by atoms with E-state index in [4.69, 9.17) is 4.74 Å². The molecule has 0 spiro atoms. The molecule has 0 saturated carbocycles. The fourth-order valence-corrected chi connectivity index (χ4v) is 2.50. The Labute approximate surface area is 109 Å². The van der Waals surface area contributed by atoms with Gasteiger partial charge in [-0.25, -0.2) is 4.98 Å². The number of hydrogen-bond acceptors (Lipinski definition) is 4. The fraction of sp³-hybridized carbons (Fsp3) is 0.643. The molecule has 1 aliphatic rings. The Morgan fingerprint density at radius 3 is 3.06 bits per heavy atom. The van der Waals surface area contributed by atoms with Gasteiger partial charge in [0, 0.05) is 37.8 Å². The molecule has 0 aliphatic carbocycles. The van der Waals surface area contributed by atoms with Crippen LogP contribution in [0, 0.1) is 0 Å². The molecule has 1 aliphatic heterocycles. The maximum absolute atomic E-state index is 5.18. The predicted octanol–water partition coefficient (Wildman–Crippen LogP) is 1.66. The quantitative estimate of drug-likeness (QED) is 0.880. The Bertz CT molecular complexity index is 383. The molecule has 1 N–H and O–H groups in total. The van der Waals surface area contributed by atoms with E-state index in [0.29, 0.717) is 18.0 Å².